The fourth-order valence-corrected chi connectivity index (χ4v) is 2.21. The molecule has 4 nitrogen and oxygen atoms in total. The molecule has 3 aromatic rings. The SMILES string of the molecule is COc1cccc(COc2c(N)cnc3ccccc23)c1. The molecule has 0 unspecified atom stereocenters. The Balaban J connectivity index is 1.89. The molecule has 0 aliphatic heterocycles. The minimum atomic E-state index is 0.426. The molecule has 2 aromatic carbocycles. The zero-order valence-electron chi connectivity index (χ0n) is 11.7. The maximum atomic E-state index is 5.99. The number of methoxy groups -OCH3 is 1. The van der Waals surface area contributed by atoms with Crippen LogP contribution in [0.25, 0.3) is 10.9 Å². The highest BCUT2D eigenvalue weighted by Crippen LogP contribution is 2.30. The Morgan fingerprint density at radius 1 is 1.10 bits per heavy atom. The first-order valence-electron chi connectivity index (χ1n) is 6.67. The van der Waals surface area contributed by atoms with Crippen LogP contribution in [0.1, 0.15) is 5.56 Å². The van der Waals surface area contributed by atoms with E-state index in [1.807, 2.05) is 48.5 Å². The minimum absolute atomic E-state index is 0.426. The Hall–Kier alpha value is -2.75. The molecule has 106 valence electrons. The van der Waals surface area contributed by atoms with Crippen LogP contribution in [0.2, 0.25) is 0 Å². The number of aromatic nitrogens is 1. The predicted molar refractivity (Wildman–Crippen MR) is 83.5 cm³/mol. The first-order chi connectivity index (χ1) is 10.3. The molecule has 21 heavy (non-hydrogen) atoms. The summed E-state index contributed by atoms with van der Waals surface area (Å²) in [7, 11) is 1.65. The fourth-order valence-electron chi connectivity index (χ4n) is 2.21. The lowest BCUT2D eigenvalue weighted by atomic mass is 10.2. The smallest absolute Gasteiger partial charge is 0.153 e. The number of fused-ring (bicyclic) bond motifs is 1. The van der Waals surface area contributed by atoms with E-state index in [0.29, 0.717) is 18.0 Å². The topological polar surface area (TPSA) is 57.4 Å². The first kappa shape index (κ1) is 13.2. The number of para-hydroxylation sites is 1. The van der Waals surface area contributed by atoms with Crippen LogP contribution in [-0.4, -0.2) is 12.1 Å². The maximum absolute atomic E-state index is 5.99. The molecule has 4 heteroatoms. The number of nitrogens with two attached hydrogens (primary N) is 1. The minimum Gasteiger partial charge on any atom is -0.497 e. The van der Waals surface area contributed by atoms with E-state index in [2.05, 4.69) is 4.98 Å². The van der Waals surface area contributed by atoms with Crippen LogP contribution in [-0.2, 0) is 6.61 Å². The van der Waals surface area contributed by atoms with Crippen molar-refractivity contribution in [3.8, 4) is 11.5 Å². The number of nitrogens with zero attached hydrogens (tertiary/aromatic N) is 1. The summed E-state index contributed by atoms with van der Waals surface area (Å²) in [5.74, 6) is 1.48. The van der Waals surface area contributed by atoms with Gasteiger partial charge in [0.2, 0.25) is 0 Å². The van der Waals surface area contributed by atoms with E-state index >= 15 is 0 Å². The highest BCUT2D eigenvalue weighted by atomic mass is 16.5. The number of pyridine rings is 1. The summed E-state index contributed by atoms with van der Waals surface area (Å²) in [5, 5.41) is 0.917. The van der Waals surface area contributed by atoms with Crippen molar-refractivity contribution in [2.75, 3.05) is 12.8 Å². The second-order valence-electron chi connectivity index (χ2n) is 4.70. The molecule has 0 atom stereocenters. The molecule has 0 amide bonds. The van der Waals surface area contributed by atoms with E-state index in [9.17, 15) is 0 Å². The Morgan fingerprint density at radius 3 is 2.81 bits per heavy atom. The predicted octanol–water partition coefficient (Wildman–Crippen LogP) is 3.40. The van der Waals surface area contributed by atoms with E-state index in [1.54, 1.807) is 13.3 Å². The van der Waals surface area contributed by atoms with Crippen LogP contribution < -0.4 is 15.2 Å². The van der Waals surface area contributed by atoms with Crippen molar-refractivity contribution in [1.82, 2.24) is 4.98 Å². The second-order valence-corrected chi connectivity index (χ2v) is 4.70. The highest BCUT2D eigenvalue weighted by Gasteiger charge is 2.08. The van der Waals surface area contributed by atoms with E-state index < -0.39 is 0 Å². The van der Waals surface area contributed by atoms with Crippen LogP contribution in [0.3, 0.4) is 0 Å². The molecule has 0 spiro atoms. The van der Waals surface area contributed by atoms with Crippen molar-refractivity contribution in [3.05, 3.63) is 60.3 Å². The van der Waals surface area contributed by atoms with Gasteiger partial charge in [0.25, 0.3) is 0 Å². The van der Waals surface area contributed by atoms with Crippen LogP contribution >= 0.6 is 0 Å². The van der Waals surface area contributed by atoms with Crippen molar-refractivity contribution in [2.24, 2.45) is 0 Å². The van der Waals surface area contributed by atoms with Gasteiger partial charge in [0.05, 0.1) is 24.5 Å². The van der Waals surface area contributed by atoms with Crippen LogP contribution in [0.5, 0.6) is 11.5 Å². The summed E-state index contributed by atoms with van der Waals surface area (Å²) in [4.78, 5) is 4.30. The second kappa shape index (κ2) is 5.71. The summed E-state index contributed by atoms with van der Waals surface area (Å²) >= 11 is 0. The molecule has 0 aliphatic carbocycles. The Kier molecular flexibility index (Phi) is 3.60. The summed E-state index contributed by atoms with van der Waals surface area (Å²) in [6, 6.07) is 15.6. The van der Waals surface area contributed by atoms with Crippen molar-refractivity contribution >= 4 is 16.6 Å². The molecule has 0 bridgehead atoms. The van der Waals surface area contributed by atoms with Gasteiger partial charge in [-0.05, 0) is 29.8 Å². The highest BCUT2D eigenvalue weighted by molar-refractivity contribution is 5.89. The van der Waals surface area contributed by atoms with Gasteiger partial charge in [-0.25, -0.2) is 0 Å². The largest absolute Gasteiger partial charge is 0.497 e. The fraction of sp³-hybridized carbons (Fsp3) is 0.118. The van der Waals surface area contributed by atoms with Crippen LogP contribution in [0, 0.1) is 0 Å². The number of rotatable bonds is 4. The van der Waals surface area contributed by atoms with Gasteiger partial charge in [-0.2, -0.15) is 0 Å². The maximum Gasteiger partial charge on any atom is 0.153 e. The van der Waals surface area contributed by atoms with Crippen LogP contribution in [0.15, 0.2) is 54.7 Å². The van der Waals surface area contributed by atoms with Crippen molar-refractivity contribution < 1.29 is 9.47 Å². The number of hydrogen-bond acceptors (Lipinski definition) is 4. The molecule has 0 saturated carbocycles. The molecule has 3 rings (SSSR count). The van der Waals surface area contributed by atoms with Gasteiger partial charge < -0.3 is 15.2 Å². The summed E-state index contributed by atoms with van der Waals surface area (Å²) in [5.41, 5.74) is 8.42. The number of benzene rings is 2. The van der Waals surface area contributed by atoms with Gasteiger partial charge in [-0.15, -0.1) is 0 Å². The normalized spacial score (nSPS) is 10.5. The Morgan fingerprint density at radius 2 is 1.95 bits per heavy atom. The van der Waals surface area contributed by atoms with E-state index in [-0.39, 0.29) is 0 Å². The number of nitrogen functional groups attached to an aromatic ring is 1. The first-order valence-corrected chi connectivity index (χ1v) is 6.67. The number of hydrogen-bond donors (Lipinski definition) is 1. The third-order valence-corrected chi connectivity index (χ3v) is 3.27. The average molecular weight is 280 g/mol. The summed E-state index contributed by atoms with van der Waals surface area (Å²) in [6.45, 7) is 0.426. The lowest BCUT2D eigenvalue weighted by Crippen LogP contribution is -2.00. The van der Waals surface area contributed by atoms with E-state index in [1.165, 1.54) is 0 Å². The Labute approximate surface area is 123 Å². The molecule has 0 radical (unpaired) electrons. The molecule has 0 saturated heterocycles. The van der Waals surface area contributed by atoms with Gasteiger partial charge in [-0.1, -0.05) is 24.3 Å². The lowest BCUT2D eigenvalue weighted by molar-refractivity contribution is 0.310. The zero-order chi connectivity index (χ0) is 14.7. The van der Waals surface area contributed by atoms with Gasteiger partial charge in [0.15, 0.2) is 5.75 Å². The molecular formula is C17H16N2O2. The zero-order valence-corrected chi connectivity index (χ0v) is 11.7. The van der Waals surface area contributed by atoms with E-state index in [4.69, 9.17) is 15.2 Å². The number of ether oxygens (including phenoxy) is 2. The average Bonchev–Trinajstić information content (AvgIpc) is 2.54. The van der Waals surface area contributed by atoms with Crippen LogP contribution in [0.4, 0.5) is 5.69 Å². The molecule has 2 N–H and O–H groups in total. The van der Waals surface area contributed by atoms with E-state index in [0.717, 1.165) is 22.2 Å². The van der Waals surface area contributed by atoms with Gasteiger partial charge >= 0.3 is 0 Å². The molecule has 0 fully saturated rings. The summed E-state index contributed by atoms with van der Waals surface area (Å²) in [6.07, 6.45) is 1.63. The monoisotopic (exact) mass is 280 g/mol. The van der Waals surface area contributed by atoms with Gasteiger partial charge in [0, 0.05) is 5.39 Å². The lowest BCUT2D eigenvalue weighted by Gasteiger charge is -2.12. The standard InChI is InChI=1S/C17H16N2O2/c1-20-13-6-4-5-12(9-13)11-21-17-14-7-2-3-8-16(14)19-10-15(17)18/h2-10H,11,18H2,1H3. The van der Waals surface area contributed by atoms with Crippen molar-refractivity contribution in [1.29, 1.82) is 0 Å². The van der Waals surface area contributed by atoms with Crippen molar-refractivity contribution in [3.63, 3.8) is 0 Å². The molecule has 1 heterocycles. The quantitative estimate of drug-likeness (QED) is 0.795. The third-order valence-electron chi connectivity index (χ3n) is 3.27. The molecular weight excluding hydrogens is 264 g/mol. The third kappa shape index (κ3) is 2.74. The number of anilines is 1. The van der Waals surface area contributed by atoms with Gasteiger partial charge in [-0.3, -0.25) is 4.98 Å². The van der Waals surface area contributed by atoms with Gasteiger partial charge in [0.1, 0.15) is 12.4 Å². The van der Waals surface area contributed by atoms with Crippen molar-refractivity contribution in [2.45, 2.75) is 6.61 Å². The summed E-state index contributed by atoms with van der Waals surface area (Å²) < 4.78 is 11.1. The molecule has 1 aromatic heterocycles. The Bertz CT molecular complexity index is 772. The molecule has 0 aliphatic rings.